The number of nitrogens with one attached hydrogen (secondary N) is 1. The van der Waals surface area contributed by atoms with E-state index in [1.807, 2.05) is 65.5 Å². The highest BCUT2D eigenvalue weighted by molar-refractivity contribution is 5.91. The maximum Gasteiger partial charge on any atom is 0.250 e. The van der Waals surface area contributed by atoms with E-state index in [2.05, 4.69) is 15.5 Å². The summed E-state index contributed by atoms with van der Waals surface area (Å²) in [6, 6.07) is 24.1. The lowest BCUT2D eigenvalue weighted by atomic mass is 10.2. The minimum Gasteiger partial charge on any atom is -0.438 e. The van der Waals surface area contributed by atoms with Crippen LogP contribution in [0.15, 0.2) is 91.3 Å². The van der Waals surface area contributed by atoms with Crippen molar-refractivity contribution in [2.45, 2.75) is 6.61 Å². The smallest absolute Gasteiger partial charge is 0.250 e. The van der Waals surface area contributed by atoms with E-state index in [0.717, 1.165) is 5.56 Å². The van der Waals surface area contributed by atoms with Crippen molar-refractivity contribution in [1.29, 1.82) is 0 Å². The van der Waals surface area contributed by atoms with Gasteiger partial charge < -0.3 is 19.4 Å². The molecule has 0 aliphatic heterocycles. The lowest BCUT2D eigenvalue weighted by Gasteiger charge is -2.08. The molecule has 4 aromatic rings. The number of rotatable bonds is 8. The molecule has 30 heavy (non-hydrogen) atoms. The van der Waals surface area contributed by atoms with Gasteiger partial charge in [-0.15, -0.1) is 10.2 Å². The van der Waals surface area contributed by atoms with Gasteiger partial charge in [0.25, 0.3) is 0 Å². The van der Waals surface area contributed by atoms with Crippen LogP contribution in [-0.4, -0.2) is 27.3 Å². The van der Waals surface area contributed by atoms with Crippen molar-refractivity contribution < 1.29 is 14.3 Å². The molecular formula is C23H20N4O3. The molecule has 0 aliphatic rings. The molecule has 7 nitrogen and oxygen atoms in total. The number of hydrogen-bond acceptors (Lipinski definition) is 5. The highest BCUT2D eigenvalue weighted by atomic mass is 16.5. The molecule has 0 saturated heterocycles. The van der Waals surface area contributed by atoms with Crippen molar-refractivity contribution >= 4 is 11.6 Å². The Morgan fingerprint density at radius 1 is 0.867 bits per heavy atom. The molecule has 0 spiro atoms. The maximum atomic E-state index is 12.0. The molecule has 1 amide bonds. The van der Waals surface area contributed by atoms with Crippen molar-refractivity contribution in [3.05, 3.63) is 96.8 Å². The first-order valence-electron chi connectivity index (χ1n) is 9.43. The number of nitrogens with zero attached hydrogens (tertiary/aromatic N) is 3. The van der Waals surface area contributed by atoms with Crippen molar-refractivity contribution in [2.24, 2.45) is 0 Å². The Labute approximate surface area is 173 Å². The molecule has 4 rings (SSSR count). The third-order valence-electron chi connectivity index (χ3n) is 4.20. The molecule has 0 aliphatic carbocycles. The predicted octanol–water partition coefficient (Wildman–Crippen LogP) is 4.21. The number of benzene rings is 2. The number of anilines is 1. The minimum absolute atomic E-state index is 0.0174. The molecule has 0 radical (unpaired) electrons. The van der Waals surface area contributed by atoms with E-state index in [4.69, 9.17) is 9.47 Å². The molecule has 0 saturated carbocycles. The summed E-state index contributed by atoms with van der Waals surface area (Å²) in [4.78, 5) is 12.0. The largest absolute Gasteiger partial charge is 0.438 e. The van der Waals surface area contributed by atoms with E-state index in [9.17, 15) is 4.79 Å². The lowest BCUT2D eigenvalue weighted by Crippen LogP contribution is -2.18. The SMILES string of the molecule is O=C(COCc1ccccc1)Nc1ccc(Oc2ccc(-n3cccc3)nn2)cc1. The molecule has 2 aromatic carbocycles. The van der Waals surface area contributed by atoms with Crippen LogP contribution < -0.4 is 10.1 Å². The summed E-state index contributed by atoms with van der Waals surface area (Å²) in [5, 5.41) is 11.0. The van der Waals surface area contributed by atoms with Gasteiger partial charge in [0.15, 0.2) is 5.82 Å². The van der Waals surface area contributed by atoms with E-state index < -0.39 is 0 Å². The molecule has 0 unspecified atom stereocenters. The van der Waals surface area contributed by atoms with E-state index in [-0.39, 0.29) is 12.5 Å². The summed E-state index contributed by atoms with van der Waals surface area (Å²) >= 11 is 0. The molecule has 0 bridgehead atoms. The summed E-state index contributed by atoms with van der Waals surface area (Å²) in [5.41, 5.74) is 1.68. The van der Waals surface area contributed by atoms with Crippen LogP contribution in [0.4, 0.5) is 5.69 Å². The van der Waals surface area contributed by atoms with Gasteiger partial charge in [0.1, 0.15) is 12.4 Å². The second-order valence-corrected chi connectivity index (χ2v) is 6.47. The van der Waals surface area contributed by atoms with Gasteiger partial charge in [0.2, 0.25) is 11.8 Å². The van der Waals surface area contributed by atoms with Crippen LogP contribution in [0.1, 0.15) is 5.56 Å². The average Bonchev–Trinajstić information content (AvgIpc) is 3.31. The Bertz CT molecular complexity index is 1060. The number of aromatic nitrogens is 3. The topological polar surface area (TPSA) is 78.3 Å². The Morgan fingerprint density at radius 3 is 2.33 bits per heavy atom. The molecule has 0 atom stereocenters. The number of ether oxygens (including phenoxy) is 2. The summed E-state index contributed by atoms with van der Waals surface area (Å²) < 4.78 is 13.0. The first-order chi connectivity index (χ1) is 14.8. The van der Waals surface area contributed by atoms with Gasteiger partial charge in [-0.1, -0.05) is 30.3 Å². The first kappa shape index (κ1) is 19.4. The Morgan fingerprint density at radius 2 is 1.63 bits per heavy atom. The molecule has 150 valence electrons. The summed E-state index contributed by atoms with van der Waals surface area (Å²) in [6.45, 7) is 0.377. The van der Waals surface area contributed by atoms with Crippen LogP contribution in [0.2, 0.25) is 0 Å². The Kier molecular flexibility index (Phi) is 6.12. The Hall–Kier alpha value is -3.97. The van der Waals surface area contributed by atoms with Crippen LogP contribution >= 0.6 is 0 Å². The number of carbonyl (C=O) groups excluding carboxylic acids is 1. The predicted molar refractivity (Wildman–Crippen MR) is 113 cm³/mol. The van der Waals surface area contributed by atoms with Crippen LogP contribution in [0.3, 0.4) is 0 Å². The van der Waals surface area contributed by atoms with Crippen molar-refractivity contribution in [1.82, 2.24) is 14.8 Å². The highest BCUT2D eigenvalue weighted by Gasteiger charge is 2.05. The van der Waals surface area contributed by atoms with Gasteiger partial charge in [-0.3, -0.25) is 4.79 Å². The van der Waals surface area contributed by atoms with Crippen molar-refractivity contribution in [3.63, 3.8) is 0 Å². The summed E-state index contributed by atoms with van der Waals surface area (Å²) in [7, 11) is 0. The zero-order valence-electron chi connectivity index (χ0n) is 16.1. The fourth-order valence-corrected chi connectivity index (χ4v) is 2.75. The van der Waals surface area contributed by atoms with Crippen LogP contribution in [0.5, 0.6) is 11.6 Å². The van der Waals surface area contributed by atoms with Gasteiger partial charge in [-0.2, -0.15) is 0 Å². The Balaban J connectivity index is 1.26. The van der Waals surface area contributed by atoms with E-state index in [1.54, 1.807) is 30.3 Å². The van der Waals surface area contributed by atoms with Crippen molar-refractivity contribution in [2.75, 3.05) is 11.9 Å². The number of carbonyl (C=O) groups is 1. The summed E-state index contributed by atoms with van der Waals surface area (Å²) in [6.07, 6.45) is 3.79. The van der Waals surface area contributed by atoms with E-state index in [1.165, 1.54) is 0 Å². The number of hydrogen-bond donors (Lipinski definition) is 1. The fourth-order valence-electron chi connectivity index (χ4n) is 2.75. The molecule has 7 heteroatoms. The number of amides is 1. The van der Waals surface area contributed by atoms with Crippen molar-refractivity contribution in [3.8, 4) is 17.4 Å². The first-order valence-corrected chi connectivity index (χ1v) is 9.43. The second-order valence-electron chi connectivity index (χ2n) is 6.47. The van der Waals surface area contributed by atoms with Crippen LogP contribution in [-0.2, 0) is 16.1 Å². The monoisotopic (exact) mass is 400 g/mol. The standard InChI is InChI=1S/C23H20N4O3/c28-22(17-29-16-18-6-2-1-3-7-18)24-19-8-10-20(11-9-19)30-23-13-12-21(25-26-23)27-14-4-5-15-27/h1-15H,16-17H2,(H,24,28). The normalized spacial score (nSPS) is 10.5. The maximum absolute atomic E-state index is 12.0. The summed E-state index contributed by atoms with van der Waals surface area (Å²) in [5.74, 6) is 1.47. The van der Waals surface area contributed by atoms with Crippen LogP contribution in [0, 0.1) is 0 Å². The zero-order valence-corrected chi connectivity index (χ0v) is 16.1. The quantitative estimate of drug-likeness (QED) is 0.479. The highest BCUT2D eigenvalue weighted by Crippen LogP contribution is 2.21. The van der Waals surface area contributed by atoms with E-state index >= 15 is 0 Å². The average molecular weight is 400 g/mol. The molecule has 2 heterocycles. The third-order valence-corrected chi connectivity index (χ3v) is 4.20. The third kappa shape index (κ3) is 5.30. The second kappa shape index (κ2) is 9.49. The molecule has 1 N–H and O–H groups in total. The fraction of sp³-hybridized carbons (Fsp3) is 0.0870. The van der Waals surface area contributed by atoms with Gasteiger partial charge >= 0.3 is 0 Å². The molecule has 0 fully saturated rings. The van der Waals surface area contributed by atoms with Gasteiger partial charge in [-0.05, 0) is 48.0 Å². The zero-order chi connectivity index (χ0) is 20.6. The van der Waals surface area contributed by atoms with Gasteiger partial charge in [-0.25, -0.2) is 0 Å². The van der Waals surface area contributed by atoms with Gasteiger partial charge in [0.05, 0.1) is 6.61 Å². The van der Waals surface area contributed by atoms with Gasteiger partial charge in [0, 0.05) is 24.1 Å². The van der Waals surface area contributed by atoms with Crippen LogP contribution in [0.25, 0.3) is 5.82 Å². The minimum atomic E-state index is -0.217. The molecule has 2 aromatic heterocycles. The van der Waals surface area contributed by atoms with E-state index in [0.29, 0.717) is 29.7 Å². The lowest BCUT2D eigenvalue weighted by molar-refractivity contribution is -0.121. The molecular weight excluding hydrogens is 380 g/mol.